The number of aromatic nitrogens is 2. The van der Waals surface area contributed by atoms with Gasteiger partial charge in [0.1, 0.15) is 23.5 Å². The van der Waals surface area contributed by atoms with Crippen LogP contribution >= 0.6 is 0 Å². The van der Waals surface area contributed by atoms with Gasteiger partial charge in [-0.05, 0) is 48.4 Å². The first kappa shape index (κ1) is 17.3. The molecule has 5 nitrogen and oxygen atoms in total. The van der Waals surface area contributed by atoms with Crippen LogP contribution in [0.4, 0.5) is 13.2 Å². The van der Waals surface area contributed by atoms with E-state index in [1.165, 1.54) is 41.3 Å². The number of hydrogen-bond acceptors (Lipinski definition) is 4. The highest BCUT2D eigenvalue weighted by Gasteiger charge is 2.36. The molecular formula is C19H14F3N3O2. The van der Waals surface area contributed by atoms with Crippen LogP contribution in [-0.2, 0) is 11.3 Å². The van der Waals surface area contributed by atoms with Crippen molar-refractivity contribution in [1.29, 1.82) is 0 Å². The number of benzene rings is 2. The fourth-order valence-corrected chi connectivity index (χ4v) is 3.17. The van der Waals surface area contributed by atoms with Crippen molar-refractivity contribution >= 4 is 5.91 Å². The molecular weight excluding hydrogens is 359 g/mol. The fraction of sp³-hybridized carbons (Fsp3) is 0.211. The van der Waals surface area contributed by atoms with Crippen LogP contribution < -0.4 is 0 Å². The Morgan fingerprint density at radius 3 is 2.44 bits per heavy atom. The molecule has 0 N–H and O–H groups in total. The van der Waals surface area contributed by atoms with Crippen LogP contribution in [0, 0.1) is 17.5 Å². The molecule has 0 spiro atoms. The minimum atomic E-state index is -0.704. The standard InChI is InChI=1S/C19H14F3N3O2/c20-13-3-1-12(2-4-13)18-23-19(27-24-18)16-5-6-17(26)25(16)10-11-7-14(21)9-15(22)8-11/h1-4,7-9,16H,5-6,10H2. The molecule has 8 heteroatoms. The number of likely N-dealkylation sites (tertiary alicyclic amines) is 1. The number of halogens is 3. The predicted octanol–water partition coefficient (Wildman–Crippen LogP) is 4.02. The first-order valence-electron chi connectivity index (χ1n) is 8.33. The van der Waals surface area contributed by atoms with Gasteiger partial charge >= 0.3 is 0 Å². The topological polar surface area (TPSA) is 59.2 Å². The minimum absolute atomic E-state index is 0.0342. The Hall–Kier alpha value is -3.16. The number of rotatable bonds is 4. The van der Waals surface area contributed by atoms with Crippen molar-refractivity contribution in [2.45, 2.75) is 25.4 Å². The SMILES string of the molecule is O=C1CCC(c2nc(-c3ccc(F)cc3)no2)N1Cc1cc(F)cc(F)c1. The lowest BCUT2D eigenvalue weighted by Crippen LogP contribution is -2.27. The summed E-state index contributed by atoms with van der Waals surface area (Å²) in [5.41, 5.74) is 0.917. The summed E-state index contributed by atoms with van der Waals surface area (Å²) >= 11 is 0. The zero-order valence-corrected chi connectivity index (χ0v) is 14.0. The van der Waals surface area contributed by atoms with Crippen LogP contribution in [0.3, 0.4) is 0 Å². The monoisotopic (exact) mass is 373 g/mol. The van der Waals surface area contributed by atoms with E-state index in [1.54, 1.807) is 0 Å². The Balaban J connectivity index is 1.59. The summed E-state index contributed by atoms with van der Waals surface area (Å²) in [6.07, 6.45) is 0.735. The molecule has 4 rings (SSSR count). The third-order valence-electron chi connectivity index (χ3n) is 4.43. The molecule has 0 bridgehead atoms. The third kappa shape index (κ3) is 3.55. The molecule has 138 valence electrons. The number of amides is 1. The Labute approximate surface area is 152 Å². The van der Waals surface area contributed by atoms with Crippen LogP contribution in [0.15, 0.2) is 47.0 Å². The summed E-state index contributed by atoms with van der Waals surface area (Å²) in [4.78, 5) is 18.0. The Morgan fingerprint density at radius 2 is 1.74 bits per heavy atom. The van der Waals surface area contributed by atoms with Crippen molar-refractivity contribution in [1.82, 2.24) is 15.0 Å². The maximum Gasteiger partial charge on any atom is 0.249 e. The third-order valence-corrected chi connectivity index (χ3v) is 4.43. The second-order valence-corrected chi connectivity index (χ2v) is 6.32. The average Bonchev–Trinajstić information content (AvgIpc) is 3.23. The molecule has 0 saturated carbocycles. The van der Waals surface area contributed by atoms with Gasteiger partial charge in [0, 0.05) is 24.6 Å². The summed E-state index contributed by atoms with van der Waals surface area (Å²) < 4.78 is 45.2. The summed E-state index contributed by atoms with van der Waals surface area (Å²) in [7, 11) is 0. The largest absolute Gasteiger partial charge is 0.337 e. The smallest absolute Gasteiger partial charge is 0.249 e. The minimum Gasteiger partial charge on any atom is -0.337 e. The molecule has 0 aliphatic carbocycles. The molecule has 2 heterocycles. The second-order valence-electron chi connectivity index (χ2n) is 6.32. The number of carbonyl (C=O) groups is 1. The van der Waals surface area contributed by atoms with Crippen LogP contribution in [0.1, 0.15) is 30.3 Å². The molecule has 0 radical (unpaired) electrons. The average molecular weight is 373 g/mol. The van der Waals surface area contributed by atoms with Gasteiger partial charge in [-0.15, -0.1) is 0 Å². The van der Waals surface area contributed by atoms with Crippen molar-refractivity contribution in [3.05, 3.63) is 71.4 Å². The van der Waals surface area contributed by atoms with Gasteiger partial charge in [0.2, 0.25) is 17.6 Å². The summed E-state index contributed by atoms with van der Waals surface area (Å²) in [5, 5.41) is 3.89. The van der Waals surface area contributed by atoms with E-state index in [0.717, 1.165) is 6.07 Å². The van der Waals surface area contributed by atoms with E-state index in [2.05, 4.69) is 10.1 Å². The Morgan fingerprint density at radius 1 is 1.04 bits per heavy atom. The van der Waals surface area contributed by atoms with Crippen molar-refractivity contribution in [3.63, 3.8) is 0 Å². The first-order chi connectivity index (χ1) is 13.0. The fourth-order valence-electron chi connectivity index (χ4n) is 3.17. The van der Waals surface area contributed by atoms with Crippen LogP contribution in [0.5, 0.6) is 0 Å². The van der Waals surface area contributed by atoms with Gasteiger partial charge in [-0.25, -0.2) is 13.2 Å². The number of nitrogens with zero attached hydrogens (tertiary/aromatic N) is 3. The lowest BCUT2D eigenvalue weighted by atomic mass is 10.1. The molecule has 1 fully saturated rings. The predicted molar refractivity (Wildman–Crippen MR) is 88.6 cm³/mol. The first-order valence-corrected chi connectivity index (χ1v) is 8.33. The maximum atomic E-state index is 13.4. The molecule has 1 saturated heterocycles. The zero-order chi connectivity index (χ0) is 19.0. The molecule has 1 atom stereocenters. The van der Waals surface area contributed by atoms with Gasteiger partial charge in [0.25, 0.3) is 0 Å². The van der Waals surface area contributed by atoms with Gasteiger partial charge in [0.15, 0.2) is 0 Å². The molecule has 1 aliphatic heterocycles. The van der Waals surface area contributed by atoms with Crippen LogP contribution in [0.2, 0.25) is 0 Å². The quantitative estimate of drug-likeness (QED) is 0.693. The van der Waals surface area contributed by atoms with Gasteiger partial charge in [0.05, 0.1) is 0 Å². The van der Waals surface area contributed by atoms with E-state index in [1.807, 2.05) is 0 Å². The van der Waals surface area contributed by atoms with Gasteiger partial charge < -0.3 is 9.42 Å². The lowest BCUT2D eigenvalue weighted by Gasteiger charge is -2.22. The van der Waals surface area contributed by atoms with E-state index >= 15 is 0 Å². The summed E-state index contributed by atoms with van der Waals surface area (Å²) in [6, 6.07) is 8.29. The number of carbonyl (C=O) groups excluding carboxylic acids is 1. The van der Waals surface area contributed by atoms with Gasteiger partial charge in [-0.1, -0.05) is 5.16 Å². The highest BCUT2D eigenvalue weighted by molar-refractivity contribution is 5.78. The molecule has 3 aromatic rings. The Kier molecular flexibility index (Phi) is 4.39. The van der Waals surface area contributed by atoms with Crippen molar-refractivity contribution in [2.24, 2.45) is 0 Å². The highest BCUT2D eigenvalue weighted by atomic mass is 19.1. The van der Waals surface area contributed by atoms with Crippen LogP contribution in [-0.4, -0.2) is 20.9 Å². The van der Waals surface area contributed by atoms with Crippen molar-refractivity contribution in [2.75, 3.05) is 0 Å². The van der Waals surface area contributed by atoms with Crippen molar-refractivity contribution in [3.8, 4) is 11.4 Å². The molecule has 1 unspecified atom stereocenters. The highest BCUT2D eigenvalue weighted by Crippen LogP contribution is 2.34. The normalized spacial score (nSPS) is 16.9. The molecule has 1 amide bonds. The lowest BCUT2D eigenvalue weighted by molar-refractivity contribution is -0.130. The Bertz CT molecular complexity index is 968. The maximum absolute atomic E-state index is 13.4. The van der Waals surface area contributed by atoms with Gasteiger partial charge in [-0.3, -0.25) is 4.79 Å². The van der Waals surface area contributed by atoms with E-state index in [9.17, 15) is 18.0 Å². The van der Waals surface area contributed by atoms with Crippen LogP contribution in [0.25, 0.3) is 11.4 Å². The second kappa shape index (κ2) is 6.86. The molecule has 1 aromatic heterocycles. The molecule has 1 aliphatic rings. The number of hydrogen-bond donors (Lipinski definition) is 0. The van der Waals surface area contributed by atoms with E-state index in [0.29, 0.717) is 17.5 Å². The van der Waals surface area contributed by atoms with E-state index < -0.39 is 17.7 Å². The van der Waals surface area contributed by atoms with E-state index in [-0.39, 0.29) is 36.4 Å². The molecule has 27 heavy (non-hydrogen) atoms. The summed E-state index contributed by atoms with van der Waals surface area (Å²) in [5.74, 6) is -1.43. The summed E-state index contributed by atoms with van der Waals surface area (Å²) in [6.45, 7) is 0.0342. The van der Waals surface area contributed by atoms with E-state index in [4.69, 9.17) is 4.52 Å². The van der Waals surface area contributed by atoms with Crippen molar-refractivity contribution < 1.29 is 22.5 Å². The van der Waals surface area contributed by atoms with Gasteiger partial charge in [-0.2, -0.15) is 4.98 Å². The molecule has 2 aromatic carbocycles. The zero-order valence-electron chi connectivity index (χ0n) is 14.0.